The minimum Gasteiger partial charge on any atom is -0.379 e. The molecule has 16 heavy (non-hydrogen) atoms. The molecule has 0 heterocycles. The summed E-state index contributed by atoms with van der Waals surface area (Å²) in [5, 5.41) is 0. The van der Waals surface area contributed by atoms with Gasteiger partial charge in [0.25, 0.3) is 0 Å². The molecule has 1 aromatic rings. The first kappa shape index (κ1) is 13.2. The lowest BCUT2D eigenvalue weighted by atomic mass is 9.85. The highest BCUT2D eigenvalue weighted by Gasteiger charge is 2.25. The first-order valence-electron chi connectivity index (χ1n) is 5.94. The van der Waals surface area contributed by atoms with E-state index >= 15 is 0 Å². The van der Waals surface area contributed by atoms with Crippen LogP contribution in [-0.2, 0) is 10.3 Å². The summed E-state index contributed by atoms with van der Waals surface area (Å²) in [6.45, 7) is 9.01. The Balaban J connectivity index is 2.81. The number of nitrogens with two attached hydrogens (primary N) is 1. The summed E-state index contributed by atoms with van der Waals surface area (Å²) in [5.41, 5.74) is 8.53. The van der Waals surface area contributed by atoms with Gasteiger partial charge >= 0.3 is 0 Å². The number of aryl methyl sites for hydroxylation is 1. The van der Waals surface area contributed by atoms with Gasteiger partial charge in [-0.3, -0.25) is 0 Å². The highest BCUT2D eigenvalue weighted by atomic mass is 16.5. The summed E-state index contributed by atoms with van der Waals surface area (Å²) in [6, 6.07) is 8.29. The SMILES string of the molecule is CCOC(C)CC(C)(N)c1ccccc1C. The molecular weight excluding hydrogens is 198 g/mol. The van der Waals surface area contributed by atoms with Gasteiger partial charge in [0.05, 0.1) is 6.10 Å². The fourth-order valence-corrected chi connectivity index (χ4v) is 2.26. The lowest BCUT2D eigenvalue weighted by Gasteiger charge is -2.29. The number of hydrogen-bond acceptors (Lipinski definition) is 2. The molecule has 1 rings (SSSR count). The molecule has 2 N–H and O–H groups in total. The van der Waals surface area contributed by atoms with Crippen molar-refractivity contribution in [1.82, 2.24) is 0 Å². The van der Waals surface area contributed by atoms with Crippen LogP contribution in [0.5, 0.6) is 0 Å². The third kappa shape index (κ3) is 3.32. The van der Waals surface area contributed by atoms with E-state index in [0.717, 1.165) is 13.0 Å². The van der Waals surface area contributed by atoms with Crippen molar-refractivity contribution in [2.45, 2.75) is 45.8 Å². The predicted octanol–water partition coefficient (Wildman–Crippen LogP) is 2.98. The van der Waals surface area contributed by atoms with Crippen molar-refractivity contribution < 1.29 is 4.74 Å². The average molecular weight is 221 g/mol. The van der Waals surface area contributed by atoms with Gasteiger partial charge in [-0.2, -0.15) is 0 Å². The molecular formula is C14H23NO. The highest BCUT2D eigenvalue weighted by Crippen LogP contribution is 2.26. The van der Waals surface area contributed by atoms with Crippen molar-refractivity contribution in [3.05, 3.63) is 35.4 Å². The van der Waals surface area contributed by atoms with Crippen LogP contribution in [0.25, 0.3) is 0 Å². The third-order valence-electron chi connectivity index (χ3n) is 2.92. The third-order valence-corrected chi connectivity index (χ3v) is 2.92. The second-order valence-electron chi connectivity index (χ2n) is 4.70. The molecule has 1 aromatic carbocycles. The van der Waals surface area contributed by atoms with Crippen molar-refractivity contribution >= 4 is 0 Å². The minimum absolute atomic E-state index is 0.194. The summed E-state index contributed by atoms with van der Waals surface area (Å²) in [6.07, 6.45) is 1.03. The van der Waals surface area contributed by atoms with Gasteiger partial charge in [-0.1, -0.05) is 24.3 Å². The first-order valence-corrected chi connectivity index (χ1v) is 5.94. The number of benzene rings is 1. The van der Waals surface area contributed by atoms with Crippen LogP contribution >= 0.6 is 0 Å². The standard InChI is InChI=1S/C14H23NO/c1-5-16-12(3)10-14(4,15)13-9-7-6-8-11(13)2/h6-9,12H,5,10,15H2,1-4H3. The van der Waals surface area contributed by atoms with Crippen LogP contribution in [0, 0.1) is 6.92 Å². The number of ether oxygens (including phenoxy) is 1. The molecule has 0 fully saturated rings. The molecule has 0 aliphatic carbocycles. The van der Waals surface area contributed by atoms with Crippen LogP contribution in [0.4, 0.5) is 0 Å². The van der Waals surface area contributed by atoms with E-state index in [4.69, 9.17) is 10.5 Å². The van der Waals surface area contributed by atoms with E-state index in [1.165, 1.54) is 11.1 Å². The fourth-order valence-electron chi connectivity index (χ4n) is 2.26. The fraction of sp³-hybridized carbons (Fsp3) is 0.571. The van der Waals surface area contributed by atoms with Crippen molar-refractivity contribution in [3.63, 3.8) is 0 Å². The highest BCUT2D eigenvalue weighted by molar-refractivity contribution is 5.31. The largest absolute Gasteiger partial charge is 0.379 e. The Bertz CT molecular complexity index is 333. The lowest BCUT2D eigenvalue weighted by molar-refractivity contribution is 0.0544. The summed E-state index contributed by atoms with van der Waals surface area (Å²) < 4.78 is 5.56. The van der Waals surface area contributed by atoms with E-state index in [1.54, 1.807) is 0 Å². The number of hydrogen-bond donors (Lipinski definition) is 1. The zero-order chi connectivity index (χ0) is 12.2. The zero-order valence-electron chi connectivity index (χ0n) is 10.8. The Morgan fingerprint density at radius 2 is 2.00 bits per heavy atom. The van der Waals surface area contributed by atoms with Gasteiger partial charge in [0.15, 0.2) is 0 Å². The van der Waals surface area contributed by atoms with Crippen LogP contribution in [0.15, 0.2) is 24.3 Å². The summed E-state index contributed by atoms with van der Waals surface area (Å²) in [4.78, 5) is 0. The Morgan fingerprint density at radius 3 is 2.56 bits per heavy atom. The van der Waals surface area contributed by atoms with Crippen LogP contribution in [0.1, 0.15) is 38.3 Å². The van der Waals surface area contributed by atoms with E-state index in [1.807, 2.05) is 19.1 Å². The monoisotopic (exact) mass is 221 g/mol. The smallest absolute Gasteiger partial charge is 0.0567 e. The molecule has 2 heteroatoms. The van der Waals surface area contributed by atoms with E-state index in [2.05, 4.69) is 32.9 Å². The van der Waals surface area contributed by atoms with Crippen LogP contribution < -0.4 is 5.73 Å². The first-order chi connectivity index (χ1) is 7.47. The van der Waals surface area contributed by atoms with Gasteiger partial charge in [0.1, 0.15) is 0 Å². The molecule has 0 bridgehead atoms. The number of rotatable bonds is 5. The Hall–Kier alpha value is -0.860. The topological polar surface area (TPSA) is 35.2 Å². The van der Waals surface area contributed by atoms with Crippen molar-refractivity contribution in [2.75, 3.05) is 6.61 Å². The molecule has 0 saturated carbocycles. The molecule has 0 radical (unpaired) electrons. The van der Waals surface area contributed by atoms with Gasteiger partial charge < -0.3 is 10.5 Å². The Labute approximate surface area is 98.8 Å². The van der Waals surface area contributed by atoms with Gasteiger partial charge in [-0.25, -0.2) is 0 Å². The summed E-state index contributed by atoms with van der Waals surface area (Å²) >= 11 is 0. The molecule has 0 saturated heterocycles. The van der Waals surface area contributed by atoms with Crippen LogP contribution in [0.2, 0.25) is 0 Å². The lowest BCUT2D eigenvalue weighted by Crippen LogP contribution is -2.37. The van der Waals surface area contributed by atoms with Crippen LogP contribution in [0.3, 0.4) is 0 Å². The molecule has 0 aliphatic rings. The molecule has 90 valence electrons. The van der Waals surface area contributed by atoms with Crippen molar-refractivity contribution in [3.8, 4) is 0 Å². The minimum atomic E-state index is -0.320. The quantitative estimate of drug-likeness (QED) is 0.829. The molecule has 2 atom stereocenters. The van der Waals surface area contributed by atoms with Crippen molar-refractivity contribution in [2.24, 2.45) is 5.73 Å². The molecule has 2 nitrogen and oxygen atoms in total. The van der Waals surface area contributed by atoms with Crippen molar-refractivity contribution in [1.29, 1.82) is 0 Å². The second-order valence-corrected chi connectivity index (χ2v) is 4.70. The van der Waals surface area contributed by atoms with Gasteiger partial charge in [-0.15, -0.1) is 0 Å². The maximum Gasteiger partial charge on any atom is 0.0567 e. The molecule has 0 spiro atoms. The van der Waals surface area contributed by atoms with Crippen LogP contribution in [-0.4, -0.2) is 12.7 Å². The van der Waals surface area contributed by atoms with E-state index in [9.17, 15) is 0 Å². The van der Waals surface area contributed by atoms with E-state index < -0.39 is 0 Å². The Kier molecular flexibility index (Phi) is 4.51. The second kappa shape index (κ2) is 5.46. The van der Waals surface area contributed by atoms with E-state index in [0.29, 0.717) is 0 Å². The molecule has 0 amide bonds. The van der Waals surface area contributed by atoms with Gasteiger partial charge in [0.2, 0.25) is 0 Å². The van der Waals surface area contributed by atoms with E-state index in [-0.39, 0.29) is 11.6 Å². The molecule has 0 aliphatic heterocycles. The zero-order valence-corrected chi connectivity index (χ0v) is 10.8. The molecule has 0 aromatic heterocycles. The predicted molar refractivity (Wildman–Crippen MR) is 68.4 cm³/mol. The maximum absolute atomic E-state index is 6.39. The Morgan fingerprint density at radius 1 is 1.38 bits per heavy atom. The maximum atomic E-state index is 6.39. The van der Waals surface area contributed by atoms with Gasteiger partial charge in [0, 0.05) is 12.1 Å². The average Bonchev–Trinajstić information content (AvgIpc) is 2.17. The van der Waals surface area contributed by atoms with Gasteiger partial charge in [-0.05, 0) is 45.2 Å². The molecule has 2 unspecified atom stereocenters. The normalized spacial score (nSPS) is 16.8. The summed E-state index contributed by atoms with van der Waals surface area (Å²) in [7, 11) is 0. The summed E-state index contributed by atoms with van der Waals surface area (Å²) in [5.74, 6) is 0.